The van der Waals surface area contributed by atoms with Crippen molar-refractivity contribution < 1.29 is 38.8 Å². The van der Waals surface area contributed by atoms with Crippen LogP contribution in [0.15, 0.2) is 11.0 Å². The summed E-state index contributed by atoms with van der Waals surface area (Å²) < 4.78 is 175. The predicted octanol–water partition coefficient (Wildman–Crippen LogP) is 1.62. The summed E-state index contributed by atoms with van der Waals surface area (Å²) in [7, 11) is 0. The molecule has 2 aromatic rings. The molecule has 26 heavy (non-hydrogen) atoms. The normalized spacial score (nSPS) is 39.5. The molecule has 0 radical (unpaired) electrons. The van der Waals surface area contributed by atoms with Crippen molar-refractivity contribution in [3.8, 4) is 5.75 Å². The topological polar surface area (TPSA) is 103 Å². The van der Waals surface area contributed by atoms with Gasteiger partial charge in [-0.1, -0.05) is 6.37 Å². The average molecular weight is 384 g/mol. The van der Waals surface area contributed by atoms with Crippen molar-refractivity contribution in [1.29, 1.82) is 1.43 Å². The highest BCUT2D eigenvalue weighted by Crippen LogP contribution is 2.26. The number of hydrogen-bond acceptors (Lipinski definition) is 5. The maximum atomic E-state index is 13.8. The molecule has 3 rings (SSSR count). The molecule has 0 aliphatic carbocycles. The van der Waals surface area contributed by atoms with E-state index in [0.29, 0.717) is 6.20 Å². The van der Waals surface area contributed by atoms with Crippen LogP contribution in [0.1, 0.15) is 81.7 Å². The van der Waals surface area contributed by atoms with Crippen LogP contribution in [-0.4, -0.2) is 58.1 Å². The predicted molar refractivity (Wildman–Crippen MR) is 99.6 cm³/mol. The van der Waals surface area contributed by atoms with Crippen LogP contribution < -0.4 is 10.9 Å². The molecule has 3 heterocycles. The van der Waals surface area contributed by atoms with Gasteiger partial charge in [-0.2, -0.15) is 5.10 Å². The number of piperidine rings is 1. The lowest BCUT2D eigenvalue weighted by molar-refractivity contribution is 0.0946. The number of H-pyrrole nitrogens is 1. The number of nitrogens with one attached hydrogen (secondary N) is 2. The van der Waals surface area contributed by atoms with Gasteiger partial charge >= 0.3 is 0 Å². The summed E-state index contributed by atoms with van der Waals surface area (Å²) in [5.74, 6) is -3.25. The third-order valence-electron chi connectivity index (χ3n) is 3.25. The van der Waals surface area contributed by atoms with E-state index in [2.05, 4.69) is 10.2 Å². The molecule has 8 heteroatoms. The van der Waals surface area contributed by atoms with Gasteiger partial charge in [-0.25, -0.2) is 0 Å². The zero-order valence-electron chi connectivity index (χ0n) is 35.0. The Kier molecular flexibility index (Phi) is 1.62. The Labute approximate surface area is 183 Å². The van der Waals surface area contributed by atoms with Crippen LogP contribution >= 0.6 is 0 Å². The van der Waals surface area contributed by atoms with Gasteiger partial charge in [-0.05, 0) is 52.4 Å². The molecule has 0 spiro atoms. The van der Waals surface area contributed by atoms with Crippen molar-refractivity contribution in [2.75, 3.05) is 26.0 Å². The molecule has 142 valence electrons. The lowest BCUT2D eigenvalue weighted by Crippen LogP contribution is -2.36. The van der Waals surface area contributed by atoms with Crippen molar-refractivity contribution >= 4 is 16.9 Å². The van der Waals surface area contributed by atoms with E-state index in [1.165, 1.54) is 0 Å². The van der Waals surface area contributed by atoms with Crippen LogP contribution in [0.2, 0.25) is 2.82 Å². The molecule has 1 fully saturated rings. The second-order valence-corrected chi connectivity index (χ2v) is 4.85. The number of rotatable bonds is 7. The van der Waals surface area contributed by atoms with Crippen molar-refractivity contribution in [3.63, 3.8) is 0 Å². The number of fused-ring (bicyclic) bond motifs is 1. The Bertz CT molecular complexity index is 1610. The van der Waals surface area contributed by atoms with Crippen LogP contribution in [0, 0.1) is 0 Å². The van der Waals surface area contributed by atoms with Crippen molar-refractivity contribution in [3.05, 3.63) is 22.1 Å². The molecule has 0 unspecified atom stereocenters. The number of amides is 1. The molecular weight excluding hydrogens is 334 g/mol. The van der Waals surface area contributed by atoms with E-state index in [1.807, 2.05) is 0 Å². The van der Waals surface area contributed by atoms with Gasteiger partial charge in [0.05, 0.1) is 13.0 Å². The fourth-order valence-corrected chi connectivity index (χ4v) is 2.12. The van der Waals surface area contributed by atoms with E-state index in [4.69, 9.17) is 30.3 Å². The number of aromatic hydroxyl groups is 1. The van der Waals surface area contributed by atoms with Gasteiger partial charge in [-0.15, -0.1) is 0 Å². The Morgan fingerprint density at radius 3 is 3.19 bits per heavy atom. The Morgan fingerprint density at radius 2 is 2.46 bits per heavy atom. The van der Waals surface area contributed by atoms with E-state index in [-0.39, 0.29) is 14.6 Å². The van der Waals surface area contributed by atoms with E-state index in [9.17, 15) is 9.59 Å². The smallest absolute Gasteiger partial charge is 0.293 e. The van der Waals surface area contributed by atoms with E-state index in [1.54, 1.807) is 0 Å². The van der Waals surface area contributed by atoms with Crippen molar-refractivity contribution in [2.24, 2.45) is 0 Å². The minimum Gasteiger partial charge on any atom is -0.506 e. The Hall–Kier alpha value is -2.35. The second kappa shape index (κ2) is 7.90. The number of carbonyl (C=O) groups is 1. The van der Waals surface area contributed by atoms with E-state index < -0.39 is 110 Å². The Morgan fingerprint density at radius 1 is 1.65 bits per heavy atom. The molecule has 1 aliphatic heterocycles. The Balaban J connectivity index is 2.21. The first-order valence-electron chi connectivity index (χ1n) is 17.9. The summed E-state index contributed by atoms with van der Waals surface area (Å²) in [6, 6.07) is -3.97. The maximum Gasteiger partial charge on any atom is 0.293 e. The first-order chi connectivity index (χ1) is 21.2. The van der Waals surface area contributed by atoms with E-state index in [0.717, 1.165) is 0 Å². The standard InChI is InChI=1S/C18H27N5O3/c1-12(2)23-16-13(11-20-21-16)15(24)14(18(23)26)17(25)19-7-6-10-22-8-4-3-5-9-22/h11-12,24H,3-10H2,1-2H3,(H,19,25)(H,20,21)/i1D3,2D3,3D2,4D2,5D2,7D2,8D2,9D2,12D/hD3. The number of hydrogen-bond donors (Lipinski definition) is 3. The first-order valence-corrected chi connectivity index (χ1v) is 7.07. The summed E-state index contributed by atoms with van der Waals surface area (Å²) in [5, 5.41) is 6.33. The van der Waals surface area contributed by atoms with Crippen LogP contribution in [-0.2, 0) is 0 Å². The van der Waals surface area contributed by atoms with Gasteiger partial charge in [0.2, 0.25) is 0 Å². The summed E-state index contributed by atoms with van der Waals surface area (Å²) in [6.07, 6.45) is -12.1. The molecule has 0 saturated carbocycles. The van der Waals surface area contributed by atoms with Gasteiger partial charge < -0.3 is 15.3 Å². The van der Waals surface area contributed by atoms with Crippen molar-refractivity contribution in [2.45, 2.75) is 45.3 Å². The third kappa shape index (κ3) is 3.60. The highest BCUT2D eigenvalue weighted by molar-refractivity contribution is 6.01. The maximum absolute atomic E-state index is 13.8. The molecule has 3 N–H and O–H groups in total. The van der Waals surface area contributed by atoms with Crippen LogP contribution in [0.4, 0.5) is 0 Å². The van der Waals surface area contributed by atoms with Crippen LogP contribution in [0.3, 0.4) is 0 Å². The molecule has 2 aromatic heterocycles. The zero-order valence-corrected chi connectivity index (χ0v) is 13.0. The number of nitrogens with zero attached hydrogens (tertiary/aromatic N) is 3. The van der Waals surface area contributed by atoms with E-state index >= 15 is 0 Å². The number of carbonyl (C=O) groups excluding carboxylic acids is 1. The molecule has 1 aliphatic rings. The molecule has 0 aromatic carbocycles. The molecule has 0 atom stereocenters. The summed E-state index contributed by atoms with van der Waals surface area (Å²) >= 11 is 0. The lowest BCUT2D eigenvalue weighted by atomic mass is 10.1. The number of aromatic amines is 1. The minimum atomic E-state index is -3.97. The molecule has 0 bridgehead atoms. The van der Waals surface area contributed by atoms with Gasteiger partial charge in [0.15, 0.2) is 2.82 Å². The quantitative estimate of drug-likeness (QED) is 0.674. The molecule has 1 amide bonds. The lowest BCUT2D eigenvalue weighted by Gasteiger charge is -2.26. The van der Waals surface area contributed by atoms with Gasteiger partial charge in [0.1, 0.15) is 17.0 Å². The first kappa shape index (κ1) is 5.34. The minimum absolute atomic E-state index is 0.00771. The third-order valence-corrected chi connectivity index (χ3v) is 3.25. The zero-order chi connectivity index (χ0) is 37.8. The largest absolute Gasteiger partial charge is 0.506 e. The highest BCUT2D eigenvalue weighted by atomic mass is 16.3. The summed E-state index contributed by atoms with van der Waals surface area (Å²) in [5.41, 5.74) is -4.69. The molecule has 8 nitrogen and oxygen atoms in total. The van der Waals surface area contributed by atoms with Crippen molar-refractivity contribution in [1.82, 2.24) is 25.0 Å². The van der Waals surface area contributed by atoms with Gasteiger partial charge in [0.25, 0.3) is 12.9 Å². The van der Waals surface area contributed by atoms with Crippen LogP contribution in [0.25, 0.3) is 11.0 Å². The fourth-order valence-electron chi connectivity index (χ4n) is 2.12. The molecular formula is C18H27N5O3. The SMILES string of the molecule is [2H]Oc1c(C(=O)N([2H])C([2H])([2H])CCN2C([2H])([2H])C([2H])([2H])C([2H])([2H])C([2H])([2H])C2([2H])[2H])c(=O)n(C([2H])(C([2H])([2H])[2H])C([2H])([2H])[2H])c2c1cnn2[2H]. The monoisotopic (exact) mass is 383 g/mol. The molecule has 1 saturated heterocycles. The summed E-state index contributed by atoms with van der Waals surface area (Å²) in [4.78, 5) is 27.2. The van der Waals surface area contributed by atoms with Crippen LogP contribution in [0.5, 0.6) is 5.75 Å². The van der Waals surface area contributed by atoms with Gasteiger partial charge in [0, 0.05) is 37.2 Å². The fraction of sp³-hybridized carbons (Fsp3) is 0.611. The second-order valence-electron chi connectivity index (χ2n) is 4.85. The van der Waals surface area contributed by atoms with Gasteiger partial charge in [-0.3, -0.25) is 19.2 Å². The number of likely N-dealkylation sites (tertiary alicyclic amines) is 1. The highest BCUT2D eigenvalue weighted by Gasteiger charge is 2.24. The summed E-state index contributed by atoms with van der Waals surface area (Å²) in [6.45, 7) is -20.0. The number of aromatic nitrogens is 3. The number of pyridine rings is 1. The average Bonchev–Trinajstić information content (AvgIpc) is 3.29.